The summed E-state index contributed by atoms with van der Waals surface area (Å²) in [5.74, 6) is -2.27. The van der Waals surface area contributed by atoms with Gasteiger partial charge in [-0.1, -0.05) is 11.6 Å². The van der Waals surface area contributed by atoms with Crippen molar-refractivity contribution in [2.75, 3.05) is 6.54 Å². The molecule has 1 aliphatic heterocycles. The van der Waals surface area contributed by atoms with E-state index >= 15 is 0 Å². The van der Waals surface area contributed by atoms with Gasteiger partial charge in [-0.15, -0.1) is 0 Å². The van der Waals surface area contributed by atoms with Crippen LogP contribution in [0.25, 0.3) is 0 Å². The minimum atomic E-state index is -1.24. The van der Waals surface area contributed by atoms with Gasteiger partial charge in [0.1, 0.15) is 0 Å². The van der Waals surface area contributed by atoms with Gasteiger partial charge in [0, 0.05) is 18.9 Å². The topological polar surface area (TPSA) is 77.5 Å². The molecule has 0 spiro atoms. The minimum absolute atomic E-state index is 0.0634. The Balaban J connectivity index is 2.11. The van der Waals surface area contributed by atoms with E-state index in [1.807, 2.05) is 13.0 Å². The predicted octanol–water partition coefficient (Wildman–Crippen LogP) is -0.532. The quantitative estimate of drug-likeness (QED) is 0.487. The highest BCUT2D eigenvalue weighted by Crippen LogP contribution is 2.37. The average Bonchev–Trinajstić information content (AvgIpc) is 2.49. The van der Waals surface area contributed by atoms with E-state index in [2.05, 4.69) is 0 Å². The molecule has 0 bridgehead atoms. The highest BCUT2D eigenvalue weighted by Gasteiger charge is 2.47. The van der Waals surface area contributed by atoms with Crippen LogP contribution in [0.15, 0.2) is 11.6 Å². The average molecular weight is 236 g/mol. The molecule has 2 rings (SSSR count). The summed E-state index contributed by atoms with van der Waals surface area (Å²) in [5, 5.41) is 10.4. The minimum Gasteiger partial charge on any atom is -0.550 e. The van der Waals surface area contributed by atoms with Gasteiger partial charge >= 0.3 is 0 Å². The van der Waals surface area contributed by atoms with E-state index in [1.54, 1.807) is 0 Å². The first-order valence-corrected chi connectivity index (χ1v) is 5.71. The van der Waals surface area contributed by atoms with E-state index in [0.717, 1.165) is 10.5 Å². The number of imide groups is 1. The molecule has 0 N–H and O–H groups in total. The Labute approximate surface area is 99.1 Å². The third kappa shape index (κ3) is 2.09. The smallest absolute Gasteiger partial charge is 0.233 e. The molecule has 0 saturated carbocycles. The number of carboxylic acids is 1. The van der Waals surface area contributed by atoms with Crippen LogP contribution in [0, 0.1) is 11.8 Å². The van der Waals surface area contributed by atoms with E-state index < -0.39 is 5.97 Å². The molecule has 2 atom stereocenters. The zero-order valence-corrected chi connectivity index (χ0v) is 9.64. The van der Waals surface area contributed by atoms with Crippen molar-refractivity contribution >= 4 is 17.8 Å². The van der Waals surface area contributed by atoms with Crippen molar-refractivity contribution in [3.8, 4) is 0 Å². The first kappa shape index (κ1) is 11.8. The Morgan fingerprint density at radius 3 is 2.71 bits per heavy atom. The number of hydrogen-bond donors (Lipinski definition) is 0. The fourth-order valence-electron chi connectivity index (χ4n) is 2.53. The zero-order valence-electron chi connectivity index (χ0n) is 9.64. The van der Waals surface area contributed by atoms with Crippen molar-refractivity contribution in [3.05, 3.63) is 11.6 Å². The molecule has 5 heteroatoms. The summed E-state index contributed by atoms with van der Waals surface area (Å²) in [7, 11) is 0. The number of likely N-dealkylation sites (tertiary alicyclic amines) is 1. The molecule has 2 amide bonds. The van der Waals surface area contributed by atoms with Crippen LogP contribution < -0.4 is 5.11 Å². The van der Waals surface area contributed by atoms with Gasteiger partial charge in [-0.25, -0.2) is 0 Å². The molecule has 1 fully saturated rings. The molecular weight excluding hydrogens is 222 g/mol. The number of carboxylic acid groups (broad SMARTS) is 1. The Morgan fingerprint density at radius 2 is 2.06 bits per heavy atom. The Bertz CT molecular complexity index is 413. The molecule has 0 aromatic carbocycles. The van der Waals surface area contributed by atoms with Crippen LogP contribution in [-0.4, -0.2) is 29.2 Å². The molecule has 0 unspecified atom stereocenters. The largest absolute Gasteiger partial charge is 0.550 e. The van der Waals surface area contributed by atoms with Crippen molar-refractivity contribution in [2.24, 2.45) is 11.8 Å². The maximum absolute atomic E-state index is 12.0. The third-order valence-corrected chi connectivity index (χ3v) is 3.45. The molecular formula is C12H14NO4-. The number of carbonyl (C=O) groups is 3. The number of aliphatic carboxylic acids is 1. The summed E-state index contributed by atoms with van der Waals surface area (Å²) in [6.45, 7) is 1.88. The summed E-state index contributed by atoms with van der Waals surface area (Å²) >= 11 is 0. The molecule has 17 heavy (non-hydrogen) atoms. The lowest BCUT2D eigenvalue weighted by Crippen LogP contribution is -2.35. The second kappa shape index (κ2) is 4.31. The summed E-state index contributed by atoms with van der Waals surface area (Å²) in [5.41, 5.74) is 1.12. The van der Waals surface area contributed by atoms with Crippen LogP contribution in [0.5, 0.6) is 0 Å². The number of nitrogens with zero attached hydrogens (tertiary/aromatic N) is 1. The van der Waals surface area contributed by atoms with Gasteiger partial charge < -0.3 is 9.90 Å². The normalized spacial score (nSPS) is 28.1. The highest BCUT2D eigenvalue weighted by atomic mass is 16.4. The molecule has 1 saturated heterocycles. The van der Waals surface area contributed by atoms with Gasteiger partial charge in [-0.3, -0.25) is 14.5 Å². The second-order valence-corrected chi connectivity index (χ2v) is 4.65. The molecule has 92 valence electrons. The Kier molecular flexibility index (Phi) is 3.00. The number of rotatable bonds is 3. The number of amides is 2. The van der Waals surface area contributed by atoms with E-state index in [-0.39, 0.29) is 36.6 Å². The number of carbonyl (C=O) groups excluding carboxylic acids is 3. The number of allylic oxidation sites excluding steroid dienone is 2. The van der Waals surface area contributed by atoms with E-state index in [1.165, 1.54) is 0 Å². The lowest BCUT2D eigenvalue weighted by molar-refractivity contribution is -0.305. The monoisotopic (exact) mass is 236 g/mol. The van der Waals surface area contributed by atoms with Crippen molar-refractivity contribution < 1.29 is 19.5 Å². The van der Waals surface area contributed by atoms with Crippen LogP contribution in [0.2, 0.25) is 0 Å². The fraction of sp³-hybridized carbons (Fsp3) is 0.583. The standard InChI is InChI=1S/C12H15NO4/c1-7-2-3-8-9(6-7)12(17)13(11(8)16)5-4-10(14)15/h2,8-9H,3-6H2,1H3,(H,14,15)/p-1/t8-,9+/m0/s1. The summed E-state index contributed by atoms with van der Waals surface area (Å²) in [4.78, 5) is 35.4. The summed E-state index contributed by atoms with van der Waals surface area (Å²) < 4.78 is 0. The maximum Gasteiger partial charge on any atom is 0.233 e. The van der Waals surface area contributed by atoms with E-state index in [4.69, 9.17) is 0 Å². The fourth-order valence-corrected chi connectivity index (χ4v) is 2.53. The van der Waals surface area contributed by atoms with Gasteiger partial charge in [-0.2, -0.15) is 0 Å². The van der Waals surface area contributed by atoms with Crippen LogP contribution >= 0.6 is 0 Å². The van der Waals surface area contributed by atoms with Gasteiger partial charge in [0.05, 0.1) is 11.8 Å². The Morgan fingerprint density at radius 1 is 1.41 bits per heavy atom. The predicted molar refractivity (Wildman–Crippen MR) is 56.3 cm³/mol. The Hall–Kier alpha value is -1.65. The van der Waals surface area contributed by atoms with Crippen molar-refractivity contribution in [3.63, 3.8) is 0 Å². The second-order valence-electron chi connectivity index (χ2n) is 4.65. The maximum atomic E-state index is 12.0. The van der Waals surface area contributed by atoms with Gasteiger partial charge in [0.25, 0.3) is 0 Å². The molecule has 2 aliphatic rings. The number of hydrogen-bond acceptors (Lipinski definition) is 4. The van der Waals surface area contributed by atoms with Crippen molar-refractivity contribution in [1.82, 2.24) is 4.90 Å². The first-order chi connectivity index (χ1) is 8.00. The van der Waals surface area contributed by atoms with E-state index in [0.29, 0.717) is 12.8 Å². The molecule has 0 aromatic rings. The molecule has 5 nitrogen and oxygen atoms in total. The summed E-state index contributed by atoms with van der Waals surface area (Å²) in [6, 6.07) is 0. The SMILES string of the molecule is CC1=CC[C@@H]2C(=O)N(CCC(=O)[O-])C(=O)[C@@H]2C1. The van der Waals surface area contributed by atoms with Crippen LogP contribution in [-0.2, 0) is 14.4 Å². The third-order valence-electron chi connectivity index (χ3n) is 3.45. The number of fused-ring (bicyclic) bond motifs is 1. The lowest BCUT2D eigenvalue weighted by atomic mass is 9.82. The van der Waals surface area contributed by atoms with Crippen molar-refractivity contribution in [2.45, 2.75) is 26.2 Å². The molecule has 0 aromatic heterocycles. The van der Waals surface area contributed by atoms with Crippen LogP contribution in [0.4, 0.5) is 0 Å². The highest BCUT2D eigenvalue weighted by molar-refractivity contribution is 6.05. The lowest BCUT2D eigenvalue weighted by Gasteiger charge is -2.19. The first-order valence-electron chi connectivity index (χ1n) is 5.71. The molecule has 1 heterocycles. The van der Waals surface area contributed by atoms with E-state index in [9.17, 15) is 19.5 Å². The van der Waals surface area contributed by atoms with Gasteiger partial charge in [0.15, 0.2) is 0 Å². The summed E-state index contributed by atoms with van der Waals surface area (Å²) in [6.07, 6.45) is 2.89. The zero-order chi connectivity index (χ0) is 12.6. The molecule has 0 radical (unpaired) electrons. The molecule has 1 aliphatic carbocycles. The van der Waals surface area contributed by atoms with Crippen molar-refractivity contribution in [1.29, 1.82) is 0 Å². The van der Waals surface area contributed by atoms with Crippen LogP contribution in [0.1, 0.15) is 26.2 Å². The van der Waals surface area contributed by atoms with Gasteiger partial charge in [0.2, 0.25) is 11.8 Å². The van der Waals surface area contributed by atoms with Crippen LogP contribution in [0.3, 0.4) is 0 Å². The van der Waals surface area contributed by atoms with Gasteiger partial charge in [-0.05, 0) is 19.8 Å².